The quantitative estimate of drug-likeness (QED) is 0.481. The average Bonchev–Trinajstić information content (AvgIpc) is 2.11. The molecule has 0 saturated carbocycles. The Hall–Kier alpha value is -0.750. The lowest BCUT2D eigenvalue weighted by atomic mass is 10.0. The van der Waals surface area contributed by atoms with Gasteiger partial charge in [0.25, 0.3) is 0 Å². The van der Waals surface area contributed by atoms with Crippen molar-refractivity contribution in [2.45, 2.75) is 32.4 Å². The second-order valence-corrected chi connectivity index (χ2v) is 4.18. The van der Waals surface area contributed by atoms with E-state index in [1.165, 1.54) is 0 Å². The van der Waals surface area contributed by atoms with Gasteiger partial charge in [0.05, 0.1) is 6.04 Å². The molecule has 0 saturated heterocycles. The number of nitrogens with two attached hydrogens (primary N) is 1. The first kappa shape index (κ1) is 14.2. The van der Waals surface area contributed by atoms with E-state index in [-0.39, 0.29) is 5.75 Å². The molecule has 2 atom stereocenters. The third kappa shape index (κ3) is 5.64. The van der Waals surface area contributed by atoms with Crippen molar-refractivity contribution in [1.29, 1.82) is 0 Å². The van der Waals surface area contributed by atoms with Gasteiger partial charge >= 0.3 is 5.97 Å². The molecule has 0 radical (unpaired) electrons. The van der Waals surface area contributed by atoms with E-state index in [1.54, 1.807) is 0 Å². The Morgan fingerprint density at radius 3 is 2.33 bits per heavy atom. The van der Waals surface area contributed by atoms with Crippen LogP contribution in [0.5, 0.6) is 0 Å². The summed E-state index contributed by atoms with van der Waals surface area (Å²) >= 11 is 3.83. The van der Waals surface area contributed by atoms with Crippen LogP contribution in [0.1, 0.15) is 20.3 Å². The highest BCUT2D eigenvalue weighted by Gasteiger charge is 2.22. The minimum absolute atomic E-state index is 0.0511. The lowest BCUT2D eigenvalue weighted by Gasteiger charge is -2.17. The molecule has 1 amide bonds. The van der Waals surface area contributed by atoms with Gasteiger partial charge in [-0.05, 0) is 12.3 Å². The van der Waals surface area contributed by atoms with E-state index in [1.807, 2.05) is 13.8 Å². The molecule has 6 heteroatoms. The normalized spacial score (nSPS) is 14.7. The minimum atomic E-state index is -1.10. The van der Waals surface area contributed by atoms with E-state index in [4.69, 9.17) is 10.8 Å². The largest absolute Gasteiger partial charge is 0.480 e. The average molecular weight is 234 g/mol. The van der Waals surface area contributed by atoms with Crippen LogP contribution in [0, 0.1) is 5.92 Å². The van der Waals surface area contributed by atoms with Crippen LogP contribution in [0.3, 0.4) is 0 Å². The van der Waals surface area contributed by atoms with Crippen molar-refractivity contribution in [3.8, 4) is 0 Å². The fourth-order valence-corrected chi connectivity index (χ4v) is 1.33. The molecule has 0 heterocycles. The van der Waals surface area contributed by atoms with Gasteiger partial charge in [0.1, 0.15) is 6.04 Å². The van der Waals surface area contributed by atoms with Crippen molar-refractivity contribution in [3.05, 3.63) is 0 Å². The maximum absolute atomic E-state index is 11.4. The highest BCUT2D eigenvalue weighted by molar-refractivity contribution is 7.80. The monoisotopic (exact) mass is 234 g/mol. The zero-order valence-corrected chi connectivity index (χ0v) is 9.83. The summed E-state index contributed by atoms with van der Waals surface area (Å²) in [5.74, 6) is -1.19. The second kappa shape index (κ2) is 6.68. The topological polar surface area (TPSA) is 92.4 Å². The van der Waals surface area contributed by atoms with Crippen LogP contribution in [-0.2, 0) is 9.59 Å². The van der Waals surface area contributed by atoms with Crippen molar-refractivity contribution >= 4 is 24.5 Å². The molecule has 0 aromatic carbocycles. The number of carbonyl (C=O) groups excluding carboxylic acids is 1. The molecular weight excluding hydrogens is 216 g/mol. The van der Waals surface area contributed by atoms with Crippen LogP contribution in [0.4, 0.5) is 0 Å². The number of carboxylic acids is 1. The molecule has 2 unspecified atom stereocenters. The number of hydrogen-bond donors (Lipinski definition) is 4. The Bertz CT molecular complexity index is 233. The predicted octanol–water partition coefficient (Wildman–Crippen LogP) is -0.141. The summed E-state index contributed by atoms with van der Waals surface area (Å²) in [6.45, 7) is 3.89. The molecule has 0 spiro atoms. The number of carbonyl (C=O) groups is 2. The van der Waals surface area contributed by atoms with Crippen LogP contribution in [-0.4, -0.2) is 34.8 Å². The molecule has 0 fully saturated rings. The number of nitrogens with one attached hydrogen (secondary N) is 1. The summed E-state index contributed by atoms with van der Waals surface area (Å²) in [6, 6.07) is -1.63. The lowest BCUT2D eigenvalue weighted by molar-refractivity contribution is -0.141. The fraction of sp³-hybridized carbons (Fsp3) is 0.778. The molecule has 0 bridgehead atoms. The van der Waals surface area contributed by atoms with E-state index in [0.717, 1.165) is 0 Å². The van der Waals surface area contributed by atoms with Gasteiger partial charge in [0.15, 0.2) is 0 Å². The lowest BCUT2D eigenvalue weighted by Crippen LogP contribution is -2.49. The van der Waals surface area contributed by atoms with Gasteiger partial charge in [-0.1, -0.05) is 13.8 Å². The van der Waals surface area contributed by atoms with Crippen molar-refractivity contribution in [2.24, 2.45) is 11.7 Å². The smallest absolute Gasteiger partial charge is 0.327 e. The summed E-state index contributed by atoms with van der Waals surface area (Å²) in [5, 5.41) is 11.0. The van der Waals surface area contributed by atoms with E-state index in [0.29, 0.717) is 12.3 Å². The molecule has 88 valence electrons. The third-order valence-corrected chi connectivity index (χ3v) is 2.22. The molecule has 0 aliphatic carbocycles. The Labute approximate surface area is 94.8 Å². The van der Waals surface area contributed by atoms with Gasteiger partial charge in [-0.3, -0.25) is 4.79 Å². The van der Waals surface area contributed by atoms with E-state index < -0.39 is 24.0 Å². The van der Waals surface area contributed by atoms with Crippen molar-refractivity contribution < 1.29 is 14.7 Å². The Morgan fingerprint density at radius 2 is 2.00 bits per heavy atom. The van der Waals surface area contributed by atoms with Gasteiger partial charge in [-0.25, -0.2) is 4.79 Å². The van der Waals surface area contributed by atoms with Crippen LogP contribution < -0.4 is 11.1 Å². The molecule has 0 aromatic rings. The molecule has 0 aliphatic heterocycles. The van der Waals surface area contributed by atoms with Gasteiger partial charge in [0.2, 0.25) is 5.91 Å². The molecule has 15 heavy (non-hydrogen) atoms. The number of carboxylic acid groups (broad SMARTS) is 1. The van der Waals surface area contributed by atoms with E-state index in [2.05, 4.69) is 17.9 Å². The fourth-order valence-electron chi connectivity index (χ4n) is 1.08. The minimum Gasteiger partial charge on any atom is -0.480 e. The van der Waals surface area contributed by atoms with Gasteiger partial charge in [-0.2, -0.15) is 12.6 Å². The maximum Gasteiger partial charge on any atom is 0.327 e. The summed E-state index contributed by atoms with van der Waals surface area (Å²) in [5.41, 5.74) is 5.59. The molecule has 0 rings (SSSR count). The highest BCUT2D eigenvalue weighted by Crippen LogP contribution is 2.03. The van der Waals surface area contributed by atoms with Crippen molar-refractivity contribution in [1.82, 2.24) is 5.32 Å². The summed E-state index contributed by atoms with van der Waals surface area (Å²) in [4.78, 5) is 22.0. The van der Waals surface area contributed by atoms with E-state index in [9.17, 15) is 9.59 Å². The first-order valence-corrected chi connectivity index (χ1v) is 5.41. The van der Waals surface area contributed by atoms with Crippen LogP contribution >= 0.6 is 12.6 Å². The first-order chi connectivity index (χ1) is 6.88. The van der Waals surface area contributed by atoms with Crippen molar-refractivity contribution in [3.63, 3.8) is 0 Å². The molecule has 0 aliphatic rings. The standard InChI is InChI=1S/C9H18N2O3S/c1-5(2)3-6(10)8(12)11-7(4-15)9(13)14/h5-7,15H,3-4,10H2,1-2H3,(H,11,12)(H,13,14). The molecule has 0 aromatic heterocycles. The zero-order chi connectivity index (χ0) is 12.0. The Kier molecular flexibility index (Phi) is 6.35. The molecular formula is C9H18N2O3S. The van der Waals surface area contributed by atoms with E-state index >= 15 is 0 Å². The maximum atomic E-state index is 11.4. The van der Waals surface area contributed by atoms with Crippen LogP contribution in [0.15, 0.2) is 0 Å². The zero-order valence-electron chi connectivity index (χ0n) is 8.93. The van der Waals surface area contributed by atoms with Gasteiger partial charge < -0.3 is 16.2 Å². The van der Waals surface area contributed by atoms with Gasteiger partial charge in [-0.15, -0.1) is 0 Å². The SMILES string of the molecule is CC(C)CC(N)C(=O)NC(CS)C(=O)O. The first-order valence-electron chi connectivity index (χ1n) is 4.78. The Morgan fingerprint density at radius 1 is 1.47 bits per heavy atom. The van der Waals surface area contributed by atoms with Crippen LogP contribution in [0.2, 0.25) is 0 Å². The second-order valence-electron chi connectivity index (χ2n) is 3.82. The number of rotatable bonds is 6. The summed E-state index contributed by atoms with van der Waals surface area (Å²) < 4.78 is 0. The van der Waals surface area contributed by atoms with Crippen molar-refractivity contribution in [2.75, 3.05) is 5.75 Å². The number of aliphatic carboxylic acids is 1. The van der Waals surface area contributed by atoms with Crippen LogP contribution in [0.25, 0.3) is 0 Å². The number of amides is 1. The summed E-state index contributed by atoms with van der Waals surface area (Å²) in [7, 11) is 0. The number of hydrogen-bond acceptors (Lipinski definition) is 4. The highest BCUT2D eigenvalue weighted by atomic mass is 32.1. The number of thiol groups is 1. The Balaban J connectivity index is 4.16. The summed E-state index contributed by atoms with van der Waals surface area (Å²) in [6.07, 6.45) is 0.532. The third-order valence-electron chi connectivity index (χ3n) is 1.86. The predicted molar refractivity (Wildman–Crippen MR) is 60.8 cm³/mol. The molecule has 4 N–H and O–H groups in total. The molecule has 5 nitrogen and oxygen atoms in total. The van der Waals surface area contributed by atoms with Gasteiger partial charge in [0, 0.05) is 5.75 Å².